The molecule has 0 aromatic heterocycles. The SMILES string of the molecule is CC1(C)CCCN(CC2CCC(CN)O2)C1. The highest BCUT2D eigenvalue weighted by Gasteiger charge is 2.30. The lowest BCUT2D eigenvalue weighted by Gasteiger charge is -2.39. The Kier molecular flexibility index (Phi) is 3.88. The highest BCUT2D eigenvalue weighted by atomic mass is 16.5. The minimum Gasteiger partial charge on any atom is -0.372 e. The van der Waals surface area contributed by atoms with Crippen molar-refractivity contribution >= 4 is 0 Å². The summed E-state index contributed by atoms with van der Waals surface area (Å²) in [4.78, 5) is 2.58. The van der Waals surface area contributed by atoms with Crippen molar-refractivity contribution in [3.05, 3.63) is 0 Å². The highest BCUT2D eigenvalue weighted by molar-refractivity contribution is 4.83. The molecule has 2 aliphatic rings. The second-order valence-electron chi connectivity index (χ2n) is 6.20. The Bertz CT molecular complexity index is 230. The van der Waals surface area contributed by atoms with Crippen LogP contribution in [0.4, 0.5) is 0 Å². The Hall–Kier alpha value is -0.120. The van der Waals surface area contributed by atoms with Crippen LogP contribution in [0.2, 0.25) is 0 Å². The first-order valence-corrected chi connectivity index (χ1v) is 6.67. The average Bonchev–Trinajstić information content (AvgIpc) is 2.64. The van der Waals surface area contributed by atoms with Crippen molar-refractivity contribution in [3.8, 4) is 0 Å². The van der Waals surface area contributed by atoms with Crippen LogP contribution in [0.5, 0.6) is 0 Å². The summed E-state index contributed by atoms with van der Waals surface area (Å²) in [6.45, 7) is 9.01. The number of hydrogen-bond donors (Lipinski definition) is 1. The summed E-state index contributed by atoms with van der Waals surface area (Å²) in [5, 5.41) is 0. The van der Waals surface area contributed by atoms with Crippen molar-refractivity contribution in [1.82, 2.24) is 4.90 Å². The van der Waals surface area contributed by atoms with Gasteiger partial charge in [0, 0.05) is 19.6 Å². The van der Waals surface area contributed by atoms with Gasteiger partial charge >= 0.3 is 0 Å². The number of hydrogen-bond acceptors (Lipinski definition) is 3. The number of nitrogens with zero attached hydrogens (tertiary/aromatic N) is 1. The molecule has 0 bridgehead atoms. The predicted octanol–water partition coefficient (Wildman–Crippen LogP) is 1.61. The van der Waals surface area contributed by atoms with Crippen LogP contribution in [0, 0.1) is 5.41 Å². The van der Waals surface area contributed by atoms with Gasteiger partial charge in [-0.2, -0.15) is 0 Å². The van der Waals surface area contributed by atoms with Crippen molar-refractivity contribution in [3.63, 3.8) is 0 Å². The molecule has 3 heteroatoms. The van der Waals surface area contributed by atoms with Crippen LogP contribution in [0.1, 0.15) is 39.5 Å². The monoisotopic (exact) mass is 226 g/mol. The zero-order chi connectivity index (χ0) is 11.6. The van der Waals surface area contributed by atoms with Gasteiger partial charge in [-0.1, -0.05) is 13.8 Å². The molecule has 94 valence electrons. The standard InChI is InChI=1S/C13H26N2O/c1-13(2)6-3-7-15(10-13)9-12-5-4-11(8-14)16-12/h11-12H,3-10,14H2,1-2H3. The molecule has 0 saturated carbocycles. The molecule has 2 rings (SSSR count). The van der Waals surface area contributed by atoms with Gasteiger partial charge in [-0.3, -0.25) is 0 Å². The van der Waals surface area contributed by atoms with E-state index in [0.29, 0.717) is 24.2 Å². The lowest BCUT2D eigenvalue weighted by Crippen LogP contribution is -2.43. The lowest BCUT2D eigenvalue weighted by molar-refractivity contribution is 0.00968. The normalized spacial score (nSPS) is 35.4. The van der Waals surface area contributed by atoms with Gasteiger partial charge < -0.3 is 15.4 Å². The van der Waals surface area contributed by atoms with Crippen LogP contribution < -0.4 is 5.73 Å². The van der Waals surface area contributed by atoms with E-state index in [4.69, 9.17) is 10.5 Å². The van der Waals surface area contributed by atoms with Crippen LogP contribution in [0.15, 0.2) is 0 Å². The van der Waals surface area contributed by atoms with E-state index in [1.54, 1.807) is 0 Å². The van der Waals surface area contributed by atoms with E-state index in [0.717, 1.165) is 13.0 Å². The zero-order valence-corrected chi connectivity index (χ0v) is 10.7. The van der Waals surface area contributed by atoms with Gasteiger partial charge in [0.15, 0.2) is 0 Å². The second-order valence-corrected chi connectivity index (χ2v) is 6.20. The molecule has 2 unspecified atom stereocenters. The van der Waals surface area contributed by atoms with Gasteiger partial charge in [0.05, 0.1) is 12.2 Å². The van der Waals surface area contributed by atoms with E-state index < -0.39 is 0 Å². The molecule has 2 fully saturated rings. The largest absolute Gasteiger partial charge is 0.372 e. The van der Waals surface area contributed by atoms with Crippen molar-refractivity contribution in [2.75, 3.05) is 26.2 Å². The molecular formula is C13H26N2O. The number of nitrogens with two attached hydrogens (primary N) is 1. The molecule has 0 aliphatic carbocycles. The van der Waals surface area contributed by atoms with Gasteiger partial charge in [-0.05, 0) is 37.6 Å². The first-order valence-electron chi connectivity index (χ1n) is 6.67. The molecule has 0 spiro atoms. The quantitative estimate of drug-likeness (QED) is 0.794. The maximum absolute atomic E-state index is 5.91. The minimum atomic E-state index is 0.322. The third kappa shape index (κ3) is 3.19. The lowest BCUT2D eigenvalue weighted by atomic mass is 9.84. The summed E-state index contributed by atoms with van der Waals surface area (Å²) >= 11 is 0. The van der Waals surface area contributed by atoms with Gasteiger partial charge in [-0.25, -0.2) is 0 Å². The molecule has 2 aliphatic heterocycles. The first-order chi connectivity index (χ1) is 7.59. The summed E-state index contributed by atoms with van der Waals surface area (Å²) in [5.41, 5.74) is 6.12. The molecule has 3 nitrogen and oxygen atoms in total. The molecular weight excluding hydrogens is 200 g/mol. The fraction of sp³-hybridized carbons (Fsp3) is 1.00. The summed E-state index contributed by atoms with van der Waals surface area (Å²) < 4.78 is 5.91. The molecule has 2 atom stereocenters. The van der Waals surface area contributed by atoms with Crippen LogP contribution in [-0.2, 0) is 4.74 Å². The number of piperidine rings is 1. The number of ether oxygens (including phenoxy) is 1. The van der Waals surface area contributed by atoms with Crippen LogP contribution in [-0.4, -0.2) is 43.3 Å². The fourth-order valence-electron chi connectivity index (χ4n) is 3.08. The van der Waals surface area contributed by atoms with Crippen molar-refractivity contribution in [2.45, 2.75) is 51.7 Å². The molecule has 2 heterocycles. The summed E-state index contributed by atoms with van der Waals surface area (Å²) in [7, 11) is 0. The van der Waals surface area contributed by atoms with Gasteiger partial charge in [0.1, 0.15) is 0 Å². The summed E-state index contributed by atoms with van der Waals surface area (Å²) in [5.74, 6) is 0. The third-order valence-electron chi connectivity index (χ3n) is 3.90. The van der Waals surface area contributed by atoms with Crippen molar-refractivity contribution < 1.29 is 4.74 Å². The van der Waals surface area contributed by atoms with Gasteiger partial charge in [0.25, 0.3) is 0 Å². The van der Waals surface area contributed by atoms with E-state index >= 15 is 0 Å². The molecule has 0 amide bonds. The van der Waals surface area contributed by atoms with Crippen molar-refractivity contribution in [1.29, 1.82) is 0 Å². The van der Waals surface area contributed by atoms with Crippen LogP contribution >= 0.6 is 0 Å². The Balaban J connectivity index is 1.77. The topological polar surface area (TPSA) is 38.5 Å². The van der Waals surface area contributed by atoms with Crippen LogP contribution in [0.3, 0.4) is 0 Å². The molecule has 16 heavy (non-hydrogen) atoms. The predicted molar refractivity (Wildman–Crippen MR) is 66.4 cm³/mol. The van der Waals surface area contributed by atoms with E-state index in [9.17, 15) is 0 Å². The number of likely N-dealkylation sites (tertiary alicyclic amines) is 1. The zero-order valence-electron chi connectivity index (χ0n) is 10.7. The fourth-order valence-corrected chi connectivity index (χ4v) is 3.08. The van der Waals surface area contributed by atoms with Crippen molar-refractivity contribution in [2.24, 2.45) is 11.1 Å². The van der Waals surface area contributed by atoms with Gasteiger partial charge in [0.2, 0.25) is 0 Å². The highest BCUT2D eigenvalue weighted by Crippen LogP contribution is 2.29. The molecule has 0 radical (unpaired) electrons. The summed E-state index contributed by atoms with van der Waals surface area (Å²) in [6.07, 6.45) is 5.79. The Labute approximate surface area is 99.3 Å². The van der Waals surface area contributed by atoms with E-state index in [2.05, 4.69) is 18.7 Å². The van der Waals surface area contributed by atoms with E-state index in [-0.39, 0.29) is 0 Å². The maximum Gasteiger partial charge on any atom is 0.0707 e. The molecule has 0 aromatic carbocycles. The second kappa shape index (κ2) is 5.03. The Morgan fingerprint density at radius 3 is 2.69 bits per heavy atom. The van der Waals surface area contributed by atoms with E-state index in [1.807, 2.05) is 0 Å². The van der Waals surface area contributed by atoms with Gasteiger partial charge in [-0.15, -0.1) is 0 Å². The van der Waals surface area contributed by atoms with Crippen LogP contribution in [0.25, 0.3) is 0 Å². The third-order valence-corrected chi connectivity index (χ3v) is 3.90. The Morgan fingerprint density at radius 2 is 2.06 bits per heavy atom. The minimum absolute atomic E-state index is 0.322. The maximum atomic E-state index is 5.91. The van der Waals surface area contributed by atoms with E-state index in [1.165, 1.54) is 32.4 Å². The average molecular weight is 226 g/mol. The Morgan fingerprint density at radius 1 is 1.31 bits per heavy atom. The smallest absolute Gasteiger partial charge is 0.0707 e. The molecule has 2 saturated heterocycles. The summed E-state index contributed by atoms with van der Waals surface area (Å²) in [6, 6.07) is 0. The first kappa shape index (κ1) is 12.3. The molecule has 0 aromatic rings. The number of rotatable bonds is 3. The molecule has 2 N–H and O–H groups in total.